The van der Waals surface area contributed by atoms with E-state index >= 15 is 0 Å². The number of aryl methyl sites for hydroxylation is 1. The third kappa shape index (κ3) is 2.12. The first-order chi connectivity index (χ1) is 9.26. The van der Waals surface area contributed by atoms with Gasteiger partial charge in [0.2, 0.25) is 5.95 Å². The summed E-state index contributed by atoms with van der Waals surface area (Å²) in [5.74, 6) is 1.38. The molecule has 0 aliphatic heterocycles. The number of hydrogen-bond donors (Lipinski definition) is 1. The Labute approximate surface area is 108 Å². The summed E-state index contributed by atoms with van der Waals surface area (Å²) < 4.78 is 3.16. The van der Waals surface area contributed by atoms with Crippen LogP contribution in [0.4, 0.5) is 5.95 Å². The second kappa shape index (κ2) is 4.44. The molecule has 3 heterocycles. The van der Waals surface area contributed by atoms with E-state index in [1.54, 1.807) is 17.9 Å². The van der Waals surface area contributed by atoms with Gasteiger partial charge in [-0.15, -0.1) is 0 Å². The molecular formula is C10H11N9. The van der Waals surface area contributed by atoms with Crippen molar-refractivity contribution in [2.24, 2.45) is 7.05 Å². The minimum Gasteiger partial charge on any atom is -0.357 e. The first kappa shape index (κ1) is 11.3. The van der Waals surface area contributed by atoms with Crippen LogP contribution in [-0.2, 0) is 7.05 Å². The SMILES string of the molecule is CNc1nc(-c2cnn(C)c2)nc(-n2cncn2)n1. The quantitative estimate of drug-likeness (QED) is 0.699. The Bertz CT molecular complexity index is 685. The Morgan fingerprint density at radius 1 is 1.16 bits per heavy atom. The normalized spacial score (nSPS) is 10.6. The van der Waals surface area contributed by atoms with Gasteiger partial charge in [0.25, 0.3) is 5.95 Å². The van der Waals surface area contributed by atoms with Crippen LogP contribution < -0.4 is 5.32 Å². The van der Waals surface area contributed by atoms with Crippen molar-refractivity contribution >= 4 is 5.95 Å². The van der Waals surface area contributed by atoms with E-state index in [9.17, 15) is 0 Å². The molecule has 0 bridgehead atoms. The Balaban J connectivity index is 2.12. The Kier molecular flexibility index (Phi) is 2.63. The minimum atomic E-state index is 0.399. The highest BCUT2D eigenvalue weighted by atomic mass is 15.4. The van der Waals surface area contributed by atoms with Crippen molar-refractivity contribution in [1.82, 2.24) is 39.5 Å². The van der Waals surface area contributed by atoms with Crippen molar-refractivity contribution in [3.05, 3.63) is 25.0 Å². The number of anilines is 1. The molecule has 9 nitrogen and oxygen atoms in total. The third-order valence-corrected chi connectivity index (χ3v) is 2.43. The van der Waals surface area contributed by atoms with Gasteiger partial charge in [0, 0.05) is 20.3 Å². The lowest BCUT2D eigenvalue weighted by Gasteiger charge is -2.04. The molecule has 0 unspecified atom stereocenters. The molecule has 0 aromatic carbocycles. The summed E-state index contributed by atoms with van der Waals surface area (Å²) in [5, 5.41) is 11.0. The van der Waals surface area contributed by atoms with Crippen molar-refractivity contribution in [2.45, 2.75) is 0 Å². The van der Waals surface area contributed by atoms with Crippen LogP contribution in [0, 0.1) is 0 Å². The van der Waals surface area contributed by atoms with Crippen LogP contribution in [0.25, 0.3) is 17.3 Å². The number of hydrogen-bond acceptors (Lipinski definition) is 7. The lowest BCUT2D eigenvalue weighted by molar-refractivity contribution is 0.767. The molecule has 0 aliphatic carbocycles. The minimum absolute atomic E-state index is 0.399. The fourth-order valence-corrected chi connectivity index (χ4v) is 1.56. The average molecular weight is 257 g/mol. The van der Waals surface area contributed by atoms with Crippen molar-refractivity contribution in [2.75, 3.05) is 12.4 Å². The van der Waals surface area contributed by atoms with Crippen LogP contribution in [0.5, 0.6) is 0 Å². The van der Waals surface area contributed by atoms with Crippen LogP contribution in [-0.4, -0.2) is 46.5 Å². The molecule has 9 heteroatoms. The van der Waals surface area contributed by atoms with Gasteiger partial charge in [-0.2, -0.15) is 29.8 Å². The standard InChI is InChI=1S/C10H11N9/c1-11-9-15-8(7-3-13-18(2)4-7)16-10(17-9)19-6-12-5-14-19/h3-6H,1-2H3,(H,11,15,16,17). The van der Waals surface area contributed by atoms with E-state index in [-0.39, 0.29) is 0 Å². The first-order valence-corrected chi connectivity index (χ1v) is 5.54. The zero-order chi connectivity index (χ0) is 13.2. The highest BCUT2D eigenvalue weighted by molar-refractivity contribution is 5.54. The molecule has 0 spiro atoms. The molecule has 0 atom stereocenters. The van der Waals surface area contributed by atoms with Crippen molar-refractivity contribution in [3.63, 3.8) is 0 Å². The van der Waals surface area contributed by atoms with Gasteiger partial charge in [-0.1, -0.05) is 0 Å². The second-order valence-corrected chi connectivity index (χ2v) is 3.78. The number of aromatic nitrogens is 8. The summed E-state index contributed by atoms with van der Waals surface area (Å²) in [5.41, 5.74) is 0.808. The fourth-order valence-electron chi connectivity index (χ4n) is 1.56. The lowest BCUT2D eigenvalue weighted by Crippen LogP contribution is -2.08. The molecule has 19 heavy (non-hydrogen) atoms. The van der Waals surface area contributed by atoms with E-state index in [4.69, 9.17) is 0 Å². The molecule has 3 aromatic heterocycles. The smallest absolute Gasteiger partial charge is 0.257 e. The van der Waals surface area contributed by atoms with Gasteiger partial charge in [-0.25, -0.2) is 4.98 Å². The van der Waals surface area contributed by atoms with E-state index in [1.165, 1.54) is 17.3 Å². The Morgan fingerprint density at radius 3 is 2.68 bits per heavy atom. The average Bonchev–Trinajstić information content (AvgIpc) is 3.09. The van der Waals surface area contributed by atoms with Gasteiger partial charge >= 0.3 is 0 Å². The van der Waals surface area contributed by atoms with Crippen LogP contribution in [0.15, 0.2) is 25.0 Å². The fraction of sp³-hybridized carbons (Fsp3) is 0.200. The second-order valence-electron chi connectivity index (χ2n) is 3.78. The molecule has 3 aromatic rings. The van der Waals surface area contributed by atoms with Gasteiger partial charge in [-0.3, -0.25) is 4.68 Å². The molecule has 0 amide bonds. The lowest BCUT2D eigenvalue weighted by atomic mass is 10.3. The first-order valence-electron chi connectivity index (χ1n) is 5.54. The van der Waals surface area contributed by atoms with Crippen LogP contribution in [0.1, 0.15) is 0 Å². The predicted molar refractivity (Wildman–Crippen MR) is 66.5 cm³/mol. The summed E-state index contributed by atoms with van der Waals surface area (Å²) >= 11 is 0. The zero-order valence-electron chi connectivity index (χ0n) is 10.4. The van der Waals surface area contributed by atoms with E-state index in [2.05, 4.69) is 35.5 Å². The highest BCUT2D eigenvalue weighted by Crippen LogP contribution is 2.15. The maximum atomic E-state index is 4.35. The Hall–Kier alpha value is -2.84. The maximum absolute atomic E-state index is 4.35. The van der Waals surface area contributed by atoms with E-state index in [0.29, 0.717) is 17.7 Å². The van der Waals surface area contributed by atoms with Crippen molar-refractivity contribution < 1.29 is 0 Å². The van der Waals surface area contributed by atoms with Gasteiger partial charge < -0.3 is 5.32 Å². The third-order valence-electron chi connectivity index (χ3n) is 2.43. The molecular weight excluding hydrogens is 246 g/mol. The molecule has 96 valence electrons. The molecule has 1 N–H and O–H groups in total. The summed E-state index contributed by atoms with van der Waals surface area (Å²) in [6.45, 7) is 0. The molecule has 3 rings (SSSR count). The summed E-state index contributed by atoms with van der Waals surface area (Å²) in [6, 6.07) is 0. The zero-order valence-corrected chi connectivity index (χ0v) is 10.4. The topological polar surface area (TPSA) is 99.2 Å². The predicted octanol–water partition coefficient (Wildman–Crippen LogP) is -0.106. The molecule has 0 radical (unpaired) electrons. The summed E-state index contributed by atoms with van der Waals surface area (Å²) in [7, 11) is 3.58. The molecule has 0 saturated heterocycles. The van der Waals surface area contributed by atoms with Crippen LogP contribution >= 0.6 is 0 Å². The molecule has 0 fully saturated rings. The largest absolute Gasteiger partial charge is 0.357 e. The van der Waals surface area contributed by atoms with Gasteiger partial charge in [0.15, 0.2) is 5.82 Å². The summed E-state index contributed by atoms with van der Waals surface area (Å²) in [4.78, 5) is 16.8. The van der Waals surface area contributed by atoms with E-state index in [1.807, 2.05) is 13.2 Å². The van der Waals surface area contributed by atoms with Crippen LogP contribution in [0.2, 0.25) is 0 Å². The maximum Gasteiger partial charge on any atom is 0.257 e. The highest BCUT2D eigenvalue weighted by Gasteiger charge is 2.11. The number of nitrogens with one attached hydrogen (secondary N) is 1. The van der Waals surface area contributed by atoms with Crippen molar-refractivity contribution in [3.8, 4) is 17.3 Å². The van der Waals surface area contributed by atoms with Crippen molar-refractivity contribution in [1.29, 1.82) is 0 Å². The van der Waals surface area contributed by atoms with Gasteiger partial charge in [-0.05, 0) is 0 Å². The van der Waals surface area contributed by atoms with E-state index < -0.39 is 0 Å². The Morgan fingerprint density at radius 2 is 2.05 bits per heavy atom. The van der Waals surface area contributed by atoms with Gasteiger partial charge in [0.05, 0.1) is 11.8 Å². The van der Waals surface area contributed by atoms with Crippen LogP contribution in [0.3, 0.4) is 0 Å². The monoisotopic (exact) mass is 257 g/mol. The molecule has 0 aliphatic rings. The summed E-state index contributed by atoms with van der Waals surface area (Å²) in [6.07, 6.45) is 6.48. The number of rotatable bonds is 3. The molecule has 0 saturated carbocycles. The van der Waals surface area contributed by atoms with E-state index in [0.717, 1.165) is 5.56 Å². The number of nitrogens with zero attached hydrogens (tertiary/aromatic N) is 8. The van der Waals surface area contributed by atoms with Gasteiger partial charge in [0.1, 0.15) is 12.7 Å².